The lowest BCUT2D eigenvalue weighted by Crippen LogP contribution is -2.40. The first-order valence-corrected chi connectivity index (χ1v) is 10.2. The van der Waals surface area contributed by atoms with Crippen molar-refractivity contribution in [1.29, 1.82) is 0 Å². The summed E-state index contributed by atoms with van der Waals surface area (Å²) < 4.78 is 51.6. The fourth-order valence-electron chi connectivity index (χ4n) is 1.90. The summed E-state index contributed by atoms with van der Waals surface area (Å²) in [4.78, 5) is 10.9. The van der Waals surface area contributed by atoms with Crippen molar-refractivity contribution in [2.75, 3.05) is 14.1 Å². The van der Waals surface area contributed by atoms with Crippen molar-refractivity contribution in [3.05, 3.63) is 24.3 Å². The third-order valence-corrected chi connectivity index (χ3v) is 6.67. The minimum Gasteiger partial charge on any atom is -0.480 e. The number of nitrogens with zero attached hydrogens (tertiary/aromatic N) is 1. The number of hydrogen-bond acceptors (Lipinski definition) is 5. The number of carboxylic acids is 1. The molecule has 0 bridgehead atoms. The van der Waals surface area contributed by atoms with Gasteiger partial charge in [-0.05, 0) is 30.7 Å². The summed E-state index contributed by atoms with van der Waals surface area (Å²) in [5.41, 5.74) is 0. The molecule has 0 saturated heterocycles. The molecule has 2 N–H and O–H groups in total. The van der Waals surface area contributed by atoms with Gasteiger partial charge in [-0.2, -0.15) is 4.72 Å². The lowest BCUT2D eigenvalue weighted by Gasteiger charge is -2.15. The molecule has 1 atom stereocenters. The van der Waals surface area contributed by atoms with E-state index in [1.54, 1.807) is 0 Å². The van der Waals surface area contributed by atoms with Gasteiger partial charge in [-0.1, -0.05) is 19.8 Å². The Labute approximate surface area is 142 Å². The molecule has 0 radical (unpaired) electrons. The number of nitrogens with one attached hydrogen (secondary N) is 1. The number of carboxylic acid groups (broad SMARTS) is 1. The fraction of sp³-hybridized carbons (Fsp3) is 0.500. The SMILES string of the molecule is CCCCC(NS(=O)(=O)c1ccc(S(=O)(=O)N(C)C)cc1)C(=O)O. The van der Waals surface area contributed by atoms with Gasteiger partial charge in [-0.25, -0.2) is 21.1 Å². The van der Waals surface area contributed by atoms with E-state index in [0.717, 1.165) is 22.9 Å². The van der Waals surface area contributed by atoms with Crippen LogP contribution in [-0.2, 0) is 24.8 Å². The molecule has 1 unspecified atom stereocenters. The van der Waals surface area contributed by atoms with E-state index in [0.29, 0.717) is 6.42 Å². The van der Waals surface area contributed by atoms with Crippen molar-refractivity contribution in [1.82, 2.24) is 9.03 Å². The molecule has 1 aromatic rings. The first-order chi connectivity index (χ1) is 11.0. The average molecular weight is 378 g/mol. The average Bonchev–Trinajstić information content (AvgIpc) is 2.51. The van der Waals surface area contributed by atoms with Gasteiger partial charge in [0.2, 0.25) is 20.0 Å². The topological polar surface area (TPSA) is 121 Å². The third kappa shape index (κ3) is 5.00. The van der Waals surface area contributed by atoms with Gasteiger partial charge in [0.05, 0.1) is 9.79 Å². The molecule has 0 saturated carbocycles. The van der Waals surface area contributed by atoms with Gasteiger partial charge in [0.25, 0.3) is 0 Å². The Bertz CT molecular complexity index is 770. The summed E-state index contributed by atoms with van der Waals surface area (Å²) in [7, 11) is -4.98. The van der Waals surface area contributed by atoms with Crippen LogP contribution in [0.1, 0.15) is 26.2 Å². The van der Waals surface area contributed by atoms with Crippen LogP contribution in [-0.4, -0.2) is 52.4 Å². The maximum absolute atomic E-state index is 12.3. The van der Waals surface area contributed by atoms with Crippen LogP contribution in [0.5, 0.6) is 0 Å². The smallest absolute Gasteiger partial charge is 0.321 e. The van der Waals surface area contributed by atoms with Crippen LogP contribution < -0.4 is 4.72 Å². The second kappa shape index (κ2) is 8.06. The maximum atomic E-state index is 12.3. The quantitative estimate of drug-likeness (QED) is 0.657. The number of unbranched alkanes of at least 4 members (excludes halogenated alkanes) is 1. The molecular weight excluding hydrogens is 356 g/mol. The lowest BCUT2D eigenvalue weighted by atomic mass is 10.1. The first-order valence-electron chi connectivity index (χ1n) is 7.30. The van der Waals surface area contributed by atoms with E-state index in [4.69, 9.17) is 5.11 Å². The van der Waals surface area contributed by atoms with Gasteiger partial charge in [0.15, 0.2) is 0 Å². The summed E-state index contributed by atoms with van der Waals surface area (Å²) in [6.45, 7) is 1.87. The lowest BCUT2D eigenvalue weighted by molar-refractivity contribution is -0.139. The van der Waals surface area contributed by atoms with Crippen LogP contribution in [0.25, 0.3) is 0 Å². The van der Waals surface area contributed by atoms with Crippen molar-refractivity contribution in [2.24, 2.45) is 0 Å². The summed E-state index contributed by atoms with van der Waals surface area (Å²) in [6, 6.07) is 3.40. The van der Waals surface area contributed by atoms with E-state index in [1.807, 2.05) is 6.92 Å². The Morgan fingerprint density at radius 2 is 1.62 bits per heavy atom. The molecule has 0 aliphatic carbocycles. The van der Waals surface area contributed by atoms with Crippen LogP contribution in [0.3, 0.4) is 0 Å². The molecule has 0 aliphatic rings. The Morgan fingerprint density at radius 1 is 1.12 bits per heavy atom. The number of sulfonamides is 2. The summed E-state index contributed by atoms with van der Waals surface area (Å²) in [5, 5.41) is 9.11. The Hall–Kier alpha value is -1.49. The second-order valence-electron chi connectivity index (χ2n) is 5.41. The summed E-state index contributed by atoms with van der Waals surface area (Å²) >= 11 is 0. The molecule has 136 valence electrons. The van der Waals surface area contributed by atoms with Crippen LogP contribution in [0.15, 0.2) is 34.1 Å². The Morgan fingerprint density at radius 3 is 2.04 bits per heavy atom. The van der Waals surface area contributed by atoms with Crippen LogP contribution in [0.4, 0.5) is 0 Å². The van der Waals surface area contributed by atoms with E-state index in [9.17, 15) is 21.6 Å². The van der Waals surface area contributed by atoms with Gasteiger partial charge in [-0.15, -0.1) is 0 Å². The van der Waals surface area contributed by atoms with E-state index in [2.05, 4.69) is 4.72 Å². The van der Waals surface area contributed by atoms with E-state index < -0.39 is 32.1 Å². The minimum absolute atomic E-state index is 0.0489. The monoisotopic (exact) mass is 378 g/mol. The van der Waals surface area contributed by atoms with Crippen molar-refractivity contribution >= 4 is 26.0 Å². The number of carbonyl (C=O) groups is 1. The van der Waals surface area contributed by atoms with Gasteiger partial charge >= 0.3 is 5.97 Å². The number of aliphatic carboxylic acids is 1. The zero-order valence-corrected chi connectivity index (χ0v) is 15.4. The van der Waals surface area contributed by atoms with Crippen molar-refractivity contribution < 1.29 is 26.7 Å². The van der Waals surface area contributed by atoms with Gasteiger partial charge in [0.1, 0.15) is 6.04 Å². The predicted molar refractivity (Wildman–Crippen MR) is 88.6 cm³/mol. The highest BCUT2D eigenvalue weighted by molar-refractivity contribution is 7.89. The molecule has 0 amide bonds. The standard InChI is InChI=1S/C14H22N2O6S2/c1-4-5-6-13(14(17)18)15-23(19,20)11-7-9-12(10-8-11)24(21,22)16(2)3/h7-10,13,15H,4-6H2,1-3H3,(H,17,18). The summed E-state index contributed by atoms with van der Waals surface area (Å²) in [5.74, 6) is -1.25. The van der Waals surface area contributed by atoms with Gasteiger partial charge in [0, 0.05) is 14.1 Å². The zero-order valence-electron chi connectivity index (χ0n) is 13.8. The van der Waals surface area contributed by atoms with Crippen molar-refractivity contribution in [3.8, 4) is 0 Å². The molecule has 1 rings (SSSR count). The molecule has 8 nitrogen and oxygen atoms in total. The number of hydrogen-bond donors (Lipinski definition) is 2. The first kappa shape index (κ1) is 20.6. The summed E-state index contributed by atoms with van der Waals surface area (Å²) in [6.07, 6.45) is 1.49. The molecule has 0 aliphatic heterocycles. The van der Waals surface area contributed by atoms with Crippen LogP contribution >= 0.6 is 0 Å². The molecule has 1 aromatic carbocycles. The number of benzene rings is 1. The third-order valence-electron chi connectivity index (χ3n) is 3.35. The van der Waals surface area contributed by atoms with Crippen LogP contribution in [0.2, 0.25) is 0 Å². The van der Waals surface area contributed by atoms with E-state index in [-0.39, 0.29) is 16.2 Å². The molecule has 0 spiro atoms. The largest absolute Gasteiger partial charge is 0.480 e. The van der Waals surface area contributed by atoms with Crippen molar-refractivity contribution in [3.63, 3.8) is 0 Å². The highest BCUT2D eigenvalue weighted by Gasteiger charge is 2.25. The zero-order chi connectivity index (χ0) is 18.5. The fourth-order valence-corrected chi connectivity index (χ4v) is 4.02. The van der Waals surface area contributed by atoms with Crippen LogP contribution in [0, 0.1) is 0 Å². The molecule has 10 heteroatoms. The molecule has 0 heterocycles. The Kier molecular flexibility index (Phi) is 6.90. The minimum atomic E-state index is -4.06. The predicted octanol–water partition coefficient (Wildman–Crippen LogP) is 0.859. The van der Waals surface area contributed by atoms with E-state index in [1.165, 1.54) is 26.2 Å². The molecule has 24 heavy (non-hydrogen) atoms. The Balaban J connectivity index is 3.05. The number of rotatable bonds is 9. The van der Waals surface area contributed by atoms with Gasteiger partial charge < -0.3 is 5.11 Å². The highest BCUT2D eigenvalue weighted by atomic mass is 32.2. The van der Waals surface area contributed by atoms with Crippen molar-refractivity contribution in [2.45, 2.75) is 42.0 Å². The normalized spacial score (nSPS) is 13.8. The molecule has 0 aromatic heterocycles. The highest BCUT2D eigenvalue weighted by Crippen LogP contribution is 2.17. The van der Waals surface area contributed by atoms with Gasteiger partial charge in [-0.3, -0.25) is 4.79 Å². The maximum Gasteiger partial charge on any atom is 0.321 e. The molecule has 0 fully saturated rings. The molecular formula is C14H22N2O6S2. The second-order valence-corrected chi connectivity index (χ2v) is 9.28. The van der Waals surface area contributed by atoms with E-state index >= 15 is 0 Å².